The number of hydrogen-bond donors (Lipinski definition) is 1. The molecule has 0 saturated heterocycles. The number of benzene rings is 1. The van der Waals surface area contributed by atoms with E-state index < -0.39 is 0 Å². The van der Waals surface area contributed by atoms with Gasteiger partial charge >= 0.3 is 0 Å². The number of rotatable bonds is 2. The summed E-state index contributed by atoms with van der Waals surface area (Å²) in [6.45, 7) is 2.21. The Morgan fingerprint density at radius 1 is 1.31 bits per heavy atom. The molecule has 0 aliphatic rings. The van der Waals surface area contributed by atoms with Gasteiger partial charge in [0.1, 0.15) is 10.7 Å². The molecule has 70 valence electrons. The molecular weight excluding hydrogens is 180 g/mol. The lowest BCUT2D eigenvalue weighted by atomic mass is 10.3. The van der Waals surface area contributed by atoms with Crippen molar-refractivity contribution in [2.45, 2.75) is 12.0 Å². The molecule has 0 fully saturated rings. The molecule has 13 heavy (non-hydrogen) atoms. The zero-order valence-electron chi connectivity index (χ0n) is 7.95. The van der Waals surface area contributed by atoms with Gasteiger partial charge in [-0.3, -0.25) is 0 Å². The number of fused-ring (bicyclic) bond motifs is 1. The summed E-state index contributed by atoms with van der Waals surface area (Å²) in [4.78, 5) is 0. The molecule has 1 aromatic heterocycles. The van der Waals surface area contributed by atoms with Gasteiger partial charge in [0.25, 0.3) is 0 Å². The molecule has 1 aromatic carbocycles. The average Bonchev–Trinajstić information content (AvgIpc) is 2.59. The molecule has 2 heteroatoms. The molecule has 0 saturated carbocycles. The zero-order valence-corrected chi connectivity index (χ0v) is 8.84. The van der Waals surface area contributed by atoms with Crippen LogP contribution in [0.1, 0.15) is 6.92 Å². The third-order valence-electron chi connectivity index (χ3n) is 2.26. The highest BCUT2D eigenvalue weighted by molar-refractivity contribution is 8.16. The van der Waals surface area contributed by atoms with Crippen LogP contribution in [0.25, 0.3) is 11.0 Å². The van der Waals surface area contributed by atoms with Crippen molar-refractivity contribution < 1.29 is 4.42 Å². The van der Waals surface area contributed by atoms with Crippen LogP contribution in [0, 0.1) is 0 Å². The van der Waals surface area contributed by atoms with E-state index in [0.717, 1.165) is 5.58 Å². The lowest BCUT2D eigenvalue weighted by Crippen LogP contribution is -1.78. The first kappa shape index (κ1) is 8.70. The molecule has 0 N–H and O–H groups in total. The van der Waals surface area contributed by atoms with Crippen molar-refractivity contribution >= 4 is 21.9 Å². The largest absolute Gasteiger partial charge is 0.452 e. The minimum Gasteiger partial charge on any atom is -0.452 e. The summed E-state index contributed by atoms with van der Waals surface area (Å²) >= 11 is 0. The van der Waals surface area contributed by atoms with E-state index in [-0.39, 0.29) is 10.9 Å². The van der Waals surface area contributed by atoms with Crippen LogP contribution in [-0.2, 0) is 0 Å². The first-order valence-corrected chi connectivity index (χ1v) is 6.48. The van der Waals surface area contributed by atoms with Gasteiger partial charge in [-0.05, 0) is 24.1 Å². The van der Waals surface area contributed by atoms with E-state index in [0.29, 0.717) is 0 Å². The maximum Gasteiger partial charge on any atom is 0.141 e. The van der Waals surface area contributed by atoms with Crippen molar-refractivity contribution in [3.63, 3.8) is 0 Å². The molecule has 2 aromatic rings. The quantitative estimate of drug-likeness (QED) is 0.723. The maximum atomic E-state index is 5.75. The Bertz CT molecular complexity index is 372. The number of hydrogen-bond acceptors (Lipinski definition) is 1. The molecule has 0 aliphatic heterocycles. The van der Waals surface area contributed by atoms with Crippen LogP contribution in [0.4, 0.5) is 0 Å². The summed E-state index contributed by atoms with van der Waals surface area (Å²) in [7, 11) is -0.0869. The van der Waals surface area contributed by atoms with Crippen LogP contribution >= 0.6 is 10.9 Å². The average molecular weight is 194 g/mol. The second kappa shape index (κ2) is 3.46. The summed E-state index contributed by atoms with van der Waals surface area (Å²) in [5.41, 5.74) is 1.01. The van der Waals surface area contributed by atoms with E-state index in [1.807, 2.05) is 18.2 Å². The van der Waals surface area contributed by atoms with E-state index in [2.05, 4.69) is 25.3 Å². The highest BCUT2D eigenvalue weighted by Crippen LogP contribution is 2.35. The number of para-hydroxylation sites is 1. The Hall–Kier alpha value is -0.890. The molecule has 0 aliphatic carbocycles. The Morgan fingerprint density at radius 2 is 2.08 bits per heavy atom. The topological polar surface area (TPSA) is 13.1 Å². The minimum atomic E-state index is -0.0869. The zero-order chi connectivity index (χ0) is 9.26. The molecule has 1 nitrogen and oxygen atoms in total. The lowest BCUT2D eigenvalue weighted by Gasteiger charge is -2.07. The Morgan fingerprint density at radius 3 is 2.77 bits per heavy atom. The van der Waals surface area contributed by atoms with E-state index >= 15 is 0 Å². The van der Waals surface area contributed by atoms with Crippen LogP contribution in [-0.4, -0.2) is 12.0 Å². The minimum absolute atomic E-state index is 0.0869. The van der Waals surface area contributed by atoms with Crippen molar-refractivity contribution in [3.05, 3.63) is 30.3 Å². The molecule has 1 atom stereocenters. The summed E-state index contributed by atoms with van der Waals surface area (Å²) in [5, 5.41) is 2.39. The predicted octanol–water partition coefficient (Wildman–Crippen LogP) is 3.44. The van der Waals surface area contributed by atoms with Crippen molar-refractivity contribution in [2.75, 3.05) is 12.0 Å². The van der Waals surface area contributed by atoms with E-state index in [4.69, 9.17) is 4.42 Å². The van der Waals surface area contributed by atoms with Gasteiger partial charge in [-0.2, -0.15) is 10.9 Å². The molecule has 0 spiro atoms. The standard InChI is InChI=1S/C11H14OS/c1-3-13(2)11-8-9-6-4-5-7-10(9)12-11/h4-8,13H,3H2,1-2H3. The Balaban J connectivity index is 2.49. The molecular formula is C11H14OS. The summed E-state index contributed by atoms with van der Waals surface area (Å²) < 4.78 is 5.75. The van der Waals surface area contributed by atoms with Crippen molar-refractivity contribution in [3.8, 4) is 0 Å². The van der Waals surface area contributed by atoms with Crippen LogP contribution < -0.4 is 0 Å². The SMILES string of the molecule is CC[SH](C)c1cc2ccccc2o1. The molecule has 0 radical (unpaired) electrons. The summed E-state index contributed by atoms with van der Waals surface area (Å²) in [6, 6.07) is 10.4. The third kappa shape index (κ3) is 1.59. The van der Waals surface area contributed by atoms with Gasteiger partial charge in [-0.1, -0.05) is 25.1 Å². The van der Waals surface area contributed by atoms with Gasteiger partial charge in [0.15, 0.2) is 0 Å². The molecule has 1 heterocycles. The van der Waals surface area contributed by atoms with Crippen LogP contribution in [0.3, 0.4) is 0 Å². The molecule has 2 rings (SSSR count). The van der Waals surface area contributed by atoms with Crippen molar-refractivity contribution in [2.24, 2.45) is 0 Å². The van der Waals surface area contributed by atoms with Gasteiger partial charge in [-0.25, -0.2) is 0 Å². The normalized spacial score (nSPS) is 14.8. The van der Waals surface area contributed by atoms with Crippen molar-refractivity contribution in [1.82, 2.24) is 0 Å². The smallest absolute Gasteiger partial charge is 0.141 e. The Labute approximate surface area is 81.1 Å². The van der Waals surface area contributed by atoms with E-state index in [1.54, 1.807) is 0 Å². The first-order valence-electron chi connectivity index (χ1n) is 4.51. The number of thiol groups is 1. The molecule has 0 bridgehead atoms. The van der Waals surface area contributed by atoms with Crippen molar-refractivity contribution in [1.29, 1.82) is 0 Å². The second-order valence-electron chi connectivity index (χ2n) is 3.14. The van der Waals surface area contributed by atoms with Crippen LogP contribution in [0.15, 0.2) is 39.8 Å². The number of furan rings is 1. The van der Waals surface area contributed by atoms with Gasteiger partial charge in [0.05, 0.1) is 0 Å². The van der Waals surface area contributed by atoms with Gasteiger partial charge in [0.2, 0.25) is 0 Å². The first-order chi connectivity index (χ1) is 6.31. The van der Waals surface area contributed by atoms with Crippen LogP contribution in [0.5, 0.6) is 0 Å². The van der Waals surface area contributed by atoms with Gasteiger partial charge in [0, 0.05) is 5.39 Å². The monoisotopic (exact) mass is 194 g/mol. The highest BCUT2D eigenvalue weighted by atomic mass is 32.2. The van der Waals surface area contributed by atoms with Gasteiger partial charge in [-0.15, -0.1) is 0 Å². The Kier molecular flexibility index (Phi) is 2.32. The molecule has 1 unspecified atom stereocenters. The third-order valence-corrected chi connectivity index (χ3v) is 4.18. The highest BCUT2D eigenvalue weighted by Gasteiger charge is 2.05. The predicted molar refractivity (Wildman–Crippen MR) is 59.9 cm³/mol. The van der Waals surface area contributed by atoms with Gasteiger partial charge < -0.3 is 4.42 Å². The van der Waals surface area contributed by atoms with E-state index in [1.165, 1.54) is 16.2 Å². The maximum absolute atomic E-state index is 5.75. The fraction of sp³-hybridized carbons (Fsp3) is 0.273. The fourth-order valence-corrected chi connectivity index (χ4v) is 2.24. The fourth-order valence-electron chi connectivity index (χ4n) is 1.31. The molecule has 0 amide bonds. The van der Waals surface area contributed by atoms with Crippen LogP contribution in [0.2, 0.25) is 0 Å². The summed E-state index contributed by atoms with van der Waals surface area (Å²) in [5.74, 6) is 1.19. The van der Waals surface area contributed by atoms with E-state index in [9.17, 15) is 0 Å². The summed E-state index contributed by atoms with van der Waals surface area (Å²) in [6.07, 6.45) is 2.26. The lowest BCUT2D eigenvalue weighted by molar-refractivity contribution is 0.513. The second-order valence-corrected chi connectivity index (χ2v) is 5.61.